The summed E-state index contributed by atoms with van der Waals surface area (Å²) >= 11 is 0. The Kier molecular flexibility index (Phi) is 7.00. The van der Waals surface area contributed by atoms with Crippen molar-refractivity contribution in [1.82, 2.24) is 5.32 Å². The zero-order valence-corrected chi connectivity index (χ0v) is 20.5. The molecule has 0 unspecified atom stereocenters. The smallest absolute Gasteiger partial charge is 0.481 e. The lowest BCUT2D eigenvalue weighted by Crippen LogP contribution is -2.58. The number of alkyl halides is 3. The first-order chi connectivity index (χ1) is 17.8. The summed E-state index contributed by atoms with van der Waals surface area (Å²) in [5.74, 6) is -3.48. The number of hydrogen-bond acceptors (Lipinski definition) is 6. The summed E-state index contributed by atoms with van der Waals surface area (Å²) in [6, 6.07) is 1.58. The monoisotopic (exact) mass is 545 g/mol. The molecule has 5 aliphatic rings. The van der Waals surface area contributed by atoms with Crippen LogP contribution in [0.15, 0.2) is 12.1 Å². The highest BCUT2D eigenvalue weighted by Gasteiger charge is 2.51. The Morgan fingerprint density at radius 1 is 1.00 bits per heavy atom. The molecule has 1 aromatic carbocycles. The summed E-state index contributed by atoms with van der Waals surface area (Å²) in [6.45, 7) is -0.242. The number of benzene rings is 1. The molecule has 7 nitrogen and oxygen atoms in total. The fraction of sp³-hybridized carbons (Fsp3) is 0.654. The fourth-order valence-electron chi connectivity index (χ4n) is 6.16. The molecule has 1 N–H and O–H groups in total. The Labute approximate surface area is 215 Å². The Balaban J connectivity index is 1.08. The van der Waals surface area contributed by atoms with Crippen molar-refractivity contribution in [3.05, 3.63) is 29.3 Å². The summed E-state index contributed by atoms with van der Waals surface area (Å²) in [6.07, 6.45) is -2.92. The maximum Gasteiger partial charge on any atom is 0.522 e. The molecule has 1 atom stereocenters. The number of ketones is 2. The molecule has 0 radical (unpaired) electrons. The predicted octanol–water partition coefficient (Wildman–Crippen LogP) is 4.55. The van der Waals surface area contributed by atoms with E-state index in [-0.39, 0.29) is 60.7 Å². The van der Waals surface area contributed by atoms with Gasteiger partial charge in [-0.2, -0.15) is 0 Å². The van der Waals surface area contributed by atoms with E-state index >= 15 is 0 Å². The summed E-state index contributed by atoms with van der Waals surface area (Å²) in [5.41, 5.74) is -0.761. The maximum absolute atomic E-state index is 13.6. The van der Waals surface area contributed by atoms with Crippen LogP contribution in [0, 0.1) is 17.0 Å². The van der Waals surface area contributed by atoms with Gasteiger partial charge in [-0.15, -0.1) is 13.2 Å². The van der Waals surface area contributed by atoms with Gasteiger partial charge >= 0.3 is 6.36 Å². The topological polar surface area (TPSA) is 90.9 Å². The summed E-state index contributed by atoms with van der Waals surface area (Å²) in [4.78, 5) is 38.0. The number of amides is 1. The number of ether oxygens (including phenoxy) is 3. The third-order valence-electron chi connectivity index (χ3n) is 8.48. The second-order valence-electron chi connectivity index (χ2n) is 11.1. The van der Waals surface area contributed by atoms with Crippen molar-refractivity contribution in [1.29, 1.82) is 0 Å². The number of fused-ring (bicyclic) bond motifs is 4. The highest BCUT2D eigenvalue weighted by molar-refractivity contribution is 6.03. The van der Waals surface area contributed by atoms with Gasteiger partial charge < -0.3 is 14.8 Å². The molecule has 1 amide bonds. The standard InChI is InChI=1S/C26H28F5NO6/c27-17-9-16-19(33)11-22(37-21(16)10-18(17)28)20(34)12-24-1-4-25(5-2-24,6-3-24)32-23(35)13-36-14-7-15(8-14)38-26(29,30)31/h9-10,14-15,22H,1-8,11-13H2,(H,32,35)/t14?,15?,22-,24?,25?/m1/s1. The zero-order chi connectivity index (χ0) is 27.3. The van der Waals surface area contributed by atoms with E-state index in [2.05, 4.69) is 10.1 Å². The molecule has 38 heavy (non-hydrogen) atoms. The Morgan fingerprint density at radius 3 is 2.26 bits per heavy atom. The van der Waals surface area contributed by atoms with E-state index in [0.717, 1.165) is 12.1 Å². The third kappa shape index (κ3) is 5.70. The van der Waals surface area contributed by atoms with E-state index in [0.29, 0.717) is 38.5 Å². The maximum atomic E-state index is 13.6. The number of carbonyl (C=O) groups is 3. The summed E-state index contributed by atoms with van der Waals surface area (Å²) in [7, 11) is 0. The van der Waals surface area contributed by atoms with E-state index in [1.165, 1.54) is 0 Å². The van der Waals surface area contributed by atoms with Gasteiger partial charge in [0.15, 0.2) is 29.3 Å². The van der Waals surface area contributed by atoms with Crippen molar-refractivity contribution in [3.63, 3.8) is 0 Å². The van der Waals surface area contributed by atoms with Gasteiger partial charge in [0.1, 0.15) is 12.4 Å². The highest BCUT2D eigenvalue weighted by Crippen LogP contribution is 2.54. The van der Waals surface area contributed by atoms with E-state index in [4.69, 9.17) is 9.47 Å². The predicted molar refractivity (Wildman–Crippen MR) is 120 cm³/mol. The van der Waals surface area contributed by atoms with Gasteiger partial charge in [0, 0.05) is 30.9 Å². The van der Waals surface area contributed by atoms with Crippen LogP contribution < -0.4 is 10.1 Å². The molecule has 4 saturated carbocycles. The first-order valence-electron chi connectivity index (χ1n) is 12.7. The SMILES string of the molecule is O=C(COC1CC(OC(F)(F)F)C1)NC12CCC(CC(=O)[C@H]3CC(=O)c4cc(F)c(F)cc4O3)(CC1)CC2. The number of hydrogen-bond donors (Lipinski definition) is 1. The first-order valence-corrected chi connectivity index (χ1v) is 12.7. The molecule has 4 aliphatic carbocycles. The summed E-state index contributed by atoms with van der Waals surface area (Å²) < 4.78 is 78.7. The summed E-state index contributed by atoms with van der Waals surface area (Å²) in [5, 5.41) is 3.04. The van der Waals surface area contributed by atoms with Crippen molar-refractivity contribution >= 4 is 17.5 Å². The average Bonchev–Trinajstić information content (AvgIpc) is 2.82. The molecular formula is C26H28F5NO6. The second-order valence-corrected chi connectivity index (χ2v) is 11.1. The minimum absolute atomic E-state index is 0.0716. The van der Waals surface area contributed by atoms with Crippen LogP contribution in [-0.4, -0.2) is 54.3 Å². The highest BCUT2D eigenvalue weighted by atomic mass is 19.4. The minimum Gasteiger partial charge on any atom is -0.481 e. The van der Waals surface area contributed by atoms with Crippen molar-refractivity contribution in [2.75, 3.05) is 6.61 Å². The number of rotatable bonds is 8. The van der Waals surface area contributed by atoms with E-state index in [1.54, 1.807) is 0 Å². The van der Waals surface area contributed by atoms with Gasteiger partial charge in [0.05, 0.1) is 24.2 Å². The lowest BCUT2D eigenvalue weighted by atomic mass is 9.55. The minimum atomic E-state index is -4.68. The molecule has 1 heterocycles. The first kappa shape index (κ1) is 27.0. The van der Waals surface area contributed by atoms with Crippen LogP contribution in [0.25, 0.3) is 0 Å². The Morgan fingerprint density at radius 2 is 1.63 bits per heavy atom. The van der Waals surface area contributed by atoms with Crippen LogP contribution in [0.4, 0.5) is 22.0 Å². The molecule has 1 aliphatic heterocycles. The van der Waals surface area contributed by atoms with Gasteiger partial charge in [0.2, 0.25) is 5.91 Å². The molecule has 12 heteroatoms. The van der Waals surface area contributed by atoms with Crippen LogP contribution in [0.5, 0.6) is 5.75 Å². The van der Waals surface area contributed by atoms with Crippen molar-refractivity contribution in [2.45, 2.75) is 94.4 Å². The van der Waals surface area contributed by atoms with Crippen LogP contribution in [0.3, 0.4) is 0 Å². The third-order valence-corrected chi connectivity index (χ3v) is 8.48. The molecule has 4 fully saturated rings. The molecule has 6 rings (SSSR count). The molecule has 0 saturated heterocycles. The van der Waals surface area contributed by atoms with Crippen molar-refractivity contribution in [2.24, 2.45) is 5.41 Å². The number of Topliss-reactive ketones (excluding diaryl/α,β-unsaturated/α-hetero) is 2. The lowest BCUT2D eigenvalue weighted by molar-refractivity contribution is -0.357. The average molecular weight is 546 g/mol. The second kappa shape index (κ2) is 9.86. The largest absolute Gasteiger partial charge is 0.522 e. The molecule has 0 aromatic heterocycles. The van der Waals surface area contributed by atoms with E-state index in [1.807, 2.05) is 0 Å². The van der Waals surface area contributed by atoms with Crippen LogP contribution >= 0.6 is 0 Å². The molecule has 2 bridgehead atoms. The van der Waals surface area contributed by atoms with Gasteiger partial charge in [-0.05, 0) is 50.0 Å². The van der Waals surface area contributed by atoms with Crippen molar-refractivity contribution < 1.29 is 50.5 Å². The molecular weight excluding hydrogens is 517 g/mol. The van der Waals surface area contributed by atoms with Gasteiger partial charge in [-0.3, -0.25) is 19.1 Å². The Hall–Kier alpha value is -2.60. The number of halogens is 5. The van der Waals surface area contributed by atoms with Gasteiger partial charge in [0.25, 0.3) is 0 Å². The fourth-order valence-corrected chi connectivity index (χ4v) is 6.16. The van der Waals surface area contributed by atoms with Gasteiger partial charge in [-0.25, -0.2) is 8.78 Å². The quantitative estimate of drug-likeness (QED) is 0.482. The van der Waals surface area contributed by atoms with Gasteiger partial charge in [-0.1, -0.05) is 0 Å². The lowest BCUT2D eigenvalue weighted by Gasteiger charge is -2.53. The molecule has 0 spiro atoms. The zero-order valence-electron chi connectivity index (χ0n) is 20.5. The normalized spacial score (nSPS) is 32.2. The van der Waals surface area contributed by atoms with E-state index < -0.39 is 47.6 Å². The van der Waals surface area contributed by atoms with E-state index in [9.17, 15) is 36.3 Å². The number of carbonyl (C=O) groups excluding carboxylic acids is 3. The van der Waals surface area contributed by atoms with Crippen LogP contribution in [-0.2, 0) is 19.1 Å². The Bertz CT molecular complexity index is 1110. The van der Waals surface area contributed by atoms with Crippen LogP contribution in [0.2, 0.25) is 0 Å². The van der Waals surface area contributed by atoms with Crippen molar-refractivity contribution in [3.8, 4) is 5.75 Å². The number of nitrogens with one attached hydrogen (secondary N) is 1. The molecule has 1 aromatic rings. The van der Waals surface area contributed by atoms with Crippen LogP contribution in [0.1, 0.15) is 74.6 Å². The molecule has 208 valence electrons.